The molecule has 0 aliphatic rings. The zero-order valence-corrected chi connectivity index (χ0v) is 11.4. The van der Waals surface area contributed by atoms with Crippen LogP contribution in [0.15, 0.2) is 0 Å². The molecule has 0 unspecified atom stereocenters. The molecular weight excluding hydrogens is 278 g/mol. The average Bonchev–Trinajstić information content (AvgIpc) is 2.15. The first-order chi connectivity index (χ1) is 7.43. The molecule has 0 spiro atoms. The van der Waals surface area contributed by atoms with Crippen molar-refractivity contribution in [2.45, 2.75) is 31.0 Å². The van der Waals surface area contributed by atoms with E-state index in [1.807, 2.05) is 0 Å². The van der Waals surface area contributed by atoms with E-state index in [0.29, 0.717) is 13.2 Å². The largest absolute Gasteiger partial charge is 0.466 e. The Bertz CT molecular complexity index is 176. The molecule has 0 amide bonds. The molecule has 0 atom stereocenters. The highest BCUT2D eigenvalue weighted by molar-refractivity contribution is 6.63. The summed E-state index contributed by atoms with van der Waals surface area (Å²) in [5, 5.41) is 0. The van der Waals surface area contributed by atoms with E-state index >= 15 is 0 Å². The first-order valence-corrected chi connectivity index (χ1v) is 5.98. The van der Waals surface area contributed by atoms with Crippen LogP contribution < -0.4 is 0 Å². The number of alkyl halides is 3. The van der Waals surface area contributed by atoms with Gasteiger partial charge < -0.3 is 9.47 Å². The highest BCUT2D eigenvalue weighted by Crippen LogP contribution is 2.03. The van der Waals surface area contributed by atoms with Crippen LogP contribution >= 0.6 is 34.8 Å². The van der Waals surface area contributed by atoms with Gasteiger partial charge >= 0.3 is 11.9 Å². The predicted molar refractivity (Wildman–Crippen MR) is 63.8 cm³/mol. The van der Waals surface area contributed by atoms with Gasteiger partial charge in [0.15, 0.2) is 4.30 Å². The van der Waals surface area contributed by atoms with Gasteiger partial charge in [-0.25, -0.2) is 0 Å². The van der Waals surface area contributed by atoms with Crippen molar-refractivity contribution in [3.05, 3.63) is 0 Å². The molecule has 4 nitrogen and oxygen atoms in total. The first-order valence-electron chi connectivity index (χ1n) is 4.67. The second kappa shape index (κ2) is 12.9. The van der Waals surface area contributed by atoms with Crippen molar-refractivity contribution < 1.29 is 19.1 Å². The van der Waals surface area contributed by atoms with Crippen LogP contribution in [0.4, 0.5) is 0 Å². The molecule has 0 aromatic heterocycles. The van der Waals surface area contributed by atoms with Crippen molar-refractivity contribution in [2.24, 2.45) is 0 Å². The Morgan fingerprint density at radius 3 is 1.38 bits per heavy atom. The lowest BCUT2D eigenvalue weighted by atomic mass is 10.3. The van der Waals surface area contributed by atoms with Crippen LogP contribution in [0.1, 0.15) is 26.7 Å². The van der Waals surface area contributed by atoms with Crippen LogP contribution in [-0.4, -0.2) is 29.4 Å². The summed E-state index contributed by atoms with van der Waals surface area (Å²) in [5.41, 5.74) is 0. The molecule has 0 aliphatic heterocycles. The molecular formula is C9H15Cl3O4. The zero-order valence-electron chi connectivity index (χ0n) is 9.17. The van der Waals surface area contributed by atoms with E-state index in [9.17, 15) is 9.59 Å². The third-order valence-corrected chi connectivity index (χ3v) is 1.14. The van der Waals surface area contributed by atoms with E-state index in [1.54, 1.807) is 13.8 Å². The van der Waals surface area contributed by atoms with Crippen molar-refractivity contribution in [1.82, 2.24) is 0 Å². The number of rotatable bonds is 5. The average molecular weight is 294 g/mol. The summed E-state index contributed by atoms with van der Waals surface area (Å²) in [6, 6.07) is 0. The Balaban J connectivity index is 0. The molecule has 0 aliphatic carbocycles. The van der Waals surface area contributed by atoms with Crippen LogP contribution in [0.2, 0.25) is 0 Å². The normalized spacial score (nSPS) is 9.12. The third-order valence-electron chi connectivity index (χ3n) is 1.14. The van der Waals surface area contributed by atoms with Gasteiger partial charge in [0.2, 0.25) is 0 Å². The highest BCUT2D eigenvalue weighted by atomic mass is 35.6. The third kappa shape index (κ3) is 19.4. The number of esters is 2. The number of hydrogen-bond acceptors (Lipinski definition) is 4. The molecule has 96 valence electrons. The molecule has 0 aromatic carbocycles. The number of carbonyl (C=O) groups is 2. The van der Waals surface area contributed by atoms with Crippen LogP contribution in [-0.2, 0) is 19.1 Å². The van der Waals surface area contributed by atoms with Crippen molar-refractivity contribution in [2.75, 3.05) is 13.2 Å². The monoisotopic (exact) mass is 292 g/mol. The van der Waals surface area contributed by atoms with Gasteiger partial charge in [-0.05, 0) is 13.8 Å². The highest BCUT2D eigenvalue weighted by Gasteiger charge is 2.06. The second-order valence-corrected chi connectivity index (χ2v) is 4.34. The molecule has 7 heteroatoms. The summed E-state index contributed by atoms with van der Waals surface area (Å²) in [6.45, 7) is 4.15. The number of halogens is 3. The van der Waals surface area contributed by atoms with Crippen LogP contribution in [0.3, 0.4) is 0 Å². The standard InChI is InChI=1S/C8H14O4.CHCl3/c1-3-11-7(9)5-6-8(10)12-4-2;2-1(3)4/h3-6H2,1-2H3;1H. The lowest BCUT2D eigenvalue weighted by molar-refractivity contribution is -0.149. The Morgan fingerprint density at radius 1 is 0.938 bits per heavy atom. The van der Waals surface area contributed by atoms with Gasteiger partial charge in [0.05, 0.1) is 26.1 Å². The molecule has 0 aromatic rings. The summed E-state index contributed by atoms with van der Waals surface area (Å²) < 4.78 is 8.50. The lowest BCUT2D eigenvalue weighted by Crippen LogP contribution is -2.09. The summed E-state index contributed by atoms with van der Waals surface area (Å²) in [6.07, 6.45) is 0.208. The minimum absolute atomic E-state index is 0.104. The van der Waals surface area contributed by atoms with E-state index < -0.39 is 4.30 Å². The fraction of sp³-hybridized carbons (Fsp3) is 0.778. The van der Waals surface area contributed by atoms with Gasteiger partial charge in [0.25, 0.3) is 0 Å². The fourth-order valence-corrected chi connectivity index (χ4v) is 0.670. The second-order valence-electron chi connectivity index (χ2n) is 2.36. The summed E-state index contributed by atoms with van der Waals surface area (Å²) in [7, 11) is 0. The molecule has 0 fully saturated rings. The molecule has 0 N–H and O–H groups in total. The van der Waals surface area contributed by atoms with Crippen molar-refractivity contribution >= 4 is 46.7 Å². The Morgan fingerprint density at radius 2 is 1.19 bits per heavy atom. The van der Waals surface area contributed by atoms with Crippen molar-refractivity contribution in [3.63, 3.8) is 0 Å². The van der Waals surface area contributed by atoms with E-state index in [-0.39, 0.29) is 24.8 Å². The SMILES string of the molecule is CCOC(=O)CCC(=O)OCC.ClC(Cl)Cl. The quantitative estimate of drug-likeness (QED) is 0.578. The van der Waals surface area contributed by atoms with Gasteiger partial charge in [0.1, 0.15) is 0 Å². The van der Waals surface area contributed by atoms with Crippen molar-refractivity contribution in [1.29, 1.82) is 0 Å². The van der Waals surface area contributed by atoms with Gasteiger partial charge in [0, 0.05) is 0 Å². The molecule has 16 heavy (non-hydrogen) atoms. The molecule has 0 radical (unpaired) electrons. The first kappa shape index (κ1) is 18.2. The molecule has 0 bridgehead atoms. The minimum Gasteiger partial charge on any atom is -0.466 e. The van der Waals surface area contributed by atoms with Crippen LogP contribution in [0, 0.1) is 0 Å². The van der Waals surface area contributed by atoms with Gasteiger partial charge in [-0.15, -0.1) is 0 Å². The van der Waals surface area contributed by atoms with E-state index in [2.05, 4.69) is 9.47 Å². The molecule has 0 saturated heterocycles. The van der Waals surface area contributed by atoms with E-state index in [1.165, 1.54) is 0 Å². The Kier molecular flexibility index (Phi) is 14.6. The summed E-state index contributed by atoms with van der Waals surface area (Å²) in [5.74, 6) is -0.712. The van der Waals surface area contributed by atoms with Crippen molar-refractivity contribution in [3.8, 4) is 0 Å². The van der Waals surface area contributed by atoms with Crippen LogP contribution in [0.5, 0.6) is 0 Å². The molecule has 0 heterocycles. The van der Waals surface area contributed by atoms with Gasteiger partial charge in [-0.2, -0.15) is 0 Å². The Hall–Kier alpha value is -0.190. The summed E-state index contributed by atoms with van der Waals surface area (Å²) in [4.78, 5) is 21.4. The minimum atomic E-state index is -0.750. The van der Waals surface area contributed by atoms with Gasteiger partial charge in [-0.1, -0.05) is 34.8 Å². The zero-order chi connectivity index (χ0) is 13.0. The lowest BCUT2D eigenvalue weighted by Gasteiger charge is -2.01. The van der Waals surface area contributed by atoms with E-state index in [4.69, 9.17) is 34.8 Å². The predicted octanol–water partition coefficient (Wildman–Crippen LogP) is 2.88. The van der Waals surface area contributed by atoms with E-state index in [0.717, 1.165) is 0 Å². The maximum atomic E-state index is 10.7. The fourth-order valence-electron chi connectivity index (χ4n) is 0.670. The topological polar surface area (TPSA) is 52.6 Å². The maximum absolute atomic E-state index is 10.7. The molecule has 0 saturated carbocycles. The number of ether oxygens (including phenoxy) is 2. The number of carbonyl (C=O) groups excluding carboxylic acids is 2. The molecule has 0 rings (SSSR count). The Labute approximate surface area is 110 Å². The van der Waals surface area contributed by atoms with Gasteiger partial charge in [-0.3, -0.25) is 9.59 Å². The summed E-state index contributed by atoms with van der Waals surface area (Å²) >= 11 is 14.4. The van der Waals surface area contributed by atoms with Crippen LogP contribution in [0.25, 0.3) is 0 Å². The smallest absolute Gasteiger partial charge is 0.306 e. The number of hydrogen-bond donors (Lipinski definition) is 0. The maximum Gasteiger partial charge on any atom is 0.306 e.